The van der Waals surface area contributed by atoms with Crippen molar-refractivity contribution in [2.75, 3.05) is 18.1 Å². The van der Waals surface area contributed by atoms with E-state index in [9.17, 15) is 9.59 Å². The first-order valence-electron chi connectivity index (χ1n) is 7.95. The van der Waals surface area contributed by atoms with E-state index in [-0.39, 0.29) is 42.5 Å². The van der Waals surface area contributed by atoms with E-state index < -0.39 is 5.97 Å². The Balaban J connectivity index is 0.00000169. The fourth-order valence-corrected chi connectivity index (χ4v) is 2.96. The first-order chi connectivity index (χ1) is 11.5. The fourth-order valence-electron chi connectivity index (χ4n) is 2.96. The van der Waals surface area contributed by atoms with Gasteiger partial charge in [-0.2, -0.15) is 0 Å². The van der Waals surface area contributed by atoms with Crippen molar-refractivity contribution in [3.05, 3.63) is 65.2 Å². The molecular formula is C19H21N2NaO3. The number of rotatable bonds is 4. The molecule has 5 nitrogen and oxygen atoms in total. The average Bonchev–Trinajstić information content (AvgIpc) is 2.58. The van der Waals surface area contributed by atoms with Gasteiger partial charge in [0.15, 0.2) is 0 Å². The van der Waals surface area contributed by atoms with Crippen molar-refractivity contribution in [1.29, 1.82) is 0 Å². The minimum atomic E-state index is -0.921. The molecule has 2 aromatic rings. The number of benzene rings is 2. The molecule has 1 aliphatic rings. The summed E-state index contributed by atoms with van der Waals surface area (Å²) in [6.45, 7) is 3.95. The second kappa shape index (κ2) is 8.63. The molecule has 0 spiro atoms. The number of nitrogens with zero attached hydrogens (tertiary/aromatic N) is 2. The molecule has 0 aromatic heterocycles. The van der Waals surface area contributed by atoms with E-state index >= 15 is 0 Å². The Hall–Kier alpha value is -1.66. The van der Waals surface area contributed by atoms with Gasteiger partial charge in [0.05, 0.1) is 12.2 Å². The van der Waals surface area contributed by atoms with Crippen LogP contribution in [0, 0.1) is 6.92 Å². The normalized spacial score (nSPS) is 14.9. The summed E-state index contributed by atoms with van der Waals surface area (Å²) in [7, 11) is 0. The van der Waals surface area contributed by atoms with Gasteiger partial charge in [0.1, 0.15) is 0 Å². The topological polar surface area (TPSA) is 60.9 Å². The zero-order valence-corrected chi connectivity index (χ0v) is 16.6. The number of amides is 1. The van der Waals surface area contributed by atoms with Crippen LogP contribution in [0.25, 0.3) is 0 Å². The Kier molecular flexibility index (Phi) is 6.79. The Bertz CT molecular complexity index is 768. The van der Waals surface area contributed by atoms with Crippen LogP contribution in [0.3, 0.4) is 0 Å². The molecule has 1 heterocycles. The van der Waals surface area contributed by atoms with Gasteiger partial charge in [-0.05, 0) is 36.2 Å². The zero-order valence-electron chi connectivity index (χ0n) is 15.6. The number of carboxylic acids is 1. The summed E-state index contributed by atoms with van der Waals surface area (Å²) in [4.78, 5) is 27.2. The summed E-state index contributed by atoms with van der Waals surface area (Å²) < 4.78 is 0. The molecule has 1 aliphatic heterocycles. The Morgan fingerprint density at radius 3 is 2.48 bits per heavy atom. The van der Waals surface area contributed by atoms with E-state index in [0.29, 0.717) is 26.2 Å². The van der Waals surface area contributed by atoms with Crippen LogP contribution < -0.4 is 34.5 Å². The maximum Gasteiger partial charge on any atom is 1.00 e. The zero-order chi connectivity index (χ0) is 17.1. The van der Waals surface area contributed by atoms with E-state index in [0.717, 1.165) is 16.8 Å². The monoisotopic (exact) mass is 348 g/mol. The molecule has 0 aliphatic carbocycles. The molecule has 25 heavy (non-hydrogen) atoms. The summed E-state index contributed by atoms with van der Waals surface area (Å²) in [5.41, 5.74) is 3.36. The van der Waals surface area contributed by atoms with Crippen LogP contribution in [-0.2, 0) is 11.3 Å². The van der Waals surface area contributed by atoms with E-state index in [2.05, 4.69) is 4.90 Å². The summed E-state index contributed by atoms with van der Waals surface area (Å²) >= 11 is 0. The minimum absolute atomic E-state index is 0. The van der Waals surface area contributed by atoms with Crippen molar-refractivity contribution < 1.29 is 45.7 Å². The SMILES string of the molecule is Cc1ccccc1N1CN(Cc2ccc(C(=O)O)cc2)CCC1=O.[H-].[Na+]. The second-order valence-electron chi connectivity index (χ2n) is 6.05. The van der Waals surface area contributed by atoms with Crippen molar-refractivity contribution in [3.8, 4) is 0 Å². The van der Waals surface area contributed by atoms with Gasteiger partial charge in [0, 0.05) is 25.2 Å². The van der Waals surface area contributed by atoms with Crippen molar-refractivity contribution in [2.24, 2.45) is 0 Å². The van der Waals surface area contributed by atoms with Crippen molar-refractivity contribution >= 4 is 17.6 Å². The smallest absolute Gasteiger partial charge is 1.00 e. The number of carboxylic acid groups (broad SMARTS) is 1. The van der Waals surface area contributed by atoms with Crippen molar-refractivity contribution in [3.63, 3.8) is 0 Å². The van der Waals surface area contributed by atoms with Crippen LogP contribution in [0.5, 0.6) is 0 Å². The number of carbonyl (C=O) groups is 2. The molecule has 0 unspecified atom stereocenters. The van der Waals surface area contributed by atoms with Crippen LogP contribution in [0.4, 0.5) is 5.69 Å². The molecule has 3 rings (SSSR count). The number of carbonyl (C=O) groups excluding carboxylic acids is 1. The van der Waals surface area contributed by atoms with Gasteiger partial charge in [-0.3, -0.25) is 14.6 Å². The molecule has 0 radical (unpaired) electrons. The third kappa shape index (κ3) is 4.70. The van der Waals surface area contributed by atoms with Crippen molar-refractivity contribution in [2.45, 2.75) is 19.9 Å². The van der Waals surface area contributed by atoms with Crippen LogP contribution in [0.15, 0.2) is 48.5 Å². The molecule has 0 bridgehead atoms. The summed E-state index contributed by atoms with van der Waals surface area (Å²) in [6.07, 6.45) is 0.488. The molecule has 126 valence electrons. The molecule has 1 saturated heterocycles. The van der Waals surface area contributed by atoms with E-state index in [1.807, 2.05) is 48.2 Å². The molecular weight excluding hydrogens is 327 g/mol. The second-order valence-corrected chi connectivity index (χ2v) is 6.05. The molecule has 0 saturated carbocycles. The van der Waals surface area contributed by atoms with Gasteiger partial charge in [-0.1, -0.05) is 30.3 Å². The molecule has 0 atom stereocenters. The minimum Gasteiger partial charge on any atom is -1.00 e. The predicted octanol–water partition coefficient (Wildman–Crippen LogP) is 0.00612. The first kappa shape index (κ1) is 19.7. The molecule has 6 heteroatoms. The number of anilines is 1. The van der Waals surface area contributed by atoms with Crippen molar-refractivity contribution in [1.82, 2.24) is 4.90 Å². The average molecular weight is 348 g/mol. The van der Waals surface area contributed by atoms with Crippen LogP contribution in [-0.4, -0.2) is 35.1 Å². The fraction of sp³-hybridized carbons (Fsp3) is 0.263. The van der Waals surface area contributed by atoms with E-state index in [1.54, 1.807) is 12.1 Å². The van der Waals surface area contributed by atoms with Gasteiger partial charge in [0.25, 0.3) is 0 Å². The summed E-state index contributed by atoms with van der Waals surface area (Å²) in [5, 5.41) is 8.96. The first-order valence-corrected chi connectivity index (χ1v) is 7.95. The Labute approximate surface area is 171 Å². The third-order valence-electron chi connectivity index (χ3n) is 4.30. The standard InChI is InChI=1S/C19H20N2O3.Na.H/c1-14-4-2-3-5-17(14)21-13-20(11-10-18(21)22)12-15-6-8-16(9-7-15)19(23)24;;/h2-9H,10-13H2,1H3,(H,23,24);;/q;+1;-1. The third-order valence-corrected chi connectivity index (χ3v) is 4.30. The maximum atomic E-state index is 12.3. The number of aromatic carboxylic acids is 1. The van der Waals surface area contributed by atoms with Gasteiger partial charge in [-0.25, -0.2) is 4.79 Å². The number of hydrogen-bond acceptors (Lipinski definition) is 3. The van der Waals surface area contributed by atoms with Gasteiger partial charge in [0.2, 0.25) is 5.91 Å². The van der Waals surface area contributed by atoms with E-state index in [4.69, 9.17) is 5.11 Å². The largest absolute Gasteiger partial charge is 1.00 e. The summed E-state index contributed by atoms with van der Waals surface area (Å²) in [5.74, 6) is -0.780. The van der Waals surface area contributed by atoms with Crippen LogP contribution in [0.2, 0.25) is 0 Å². The van der Waals surface area contributed by atoms with Gasteiger partial charge in [-0.15, -0.1) is 0 Å². The van der Waals surface area contributed by atoms with Gasteiger partial charge < -0.3 is 6.53 Å². The number of aryl methyl sites for hydroxylation is 1. The van der Waals surface area contributed by atoms with Gasteiger partial charge >= 0.3 is 35.5 Å². The van der Waals surface area contributed by atoms with Crippen LogP contribution in [0.1, 0.15) is 29.3 Å². The Morgan fingerprint density at radius 2 is 1.84 bits per heavy atom. The quantitative estimate of drug-likeness (QED) is 0.791. The Morgan fingerprint density at radius 1 is 1.16 bits per heavy atom. The van der Waals surface area contributed by atoms with E-state index in [1.165, 1.54) is 0 Å². The summed E-state index contributed by atoms with van der Waals surface area (Å²) in [6, 6.07) is 14.8. The molecule has 1 N–H and O–H groups in total. The molecule has 1 fully saturated rings. The predicted molar refractivity (Wildman–Crippen MR) is 93.1 cm³/mol. The molecule has 2 aromatic carbocycles. The maximum absolute atomic E-state index is 12.3. The number of para-hydroxylation sites is 1. The van der Waals surface area contributed by atoms with Crippen LogP contribution >= 0.6 is 0 Å². The number of hydrogen-bond donors (Lipinski definition) is 1. The molecule has 1 amide bonds.